The van der Waals surface area contributed by atoms with Gasteiger partial charge in [0, 0.05) is 29.4 Å². The molecule has 27 heavy (non-hydrogen) atoms. The fourth-order valence-corrected chi connectivity index (χ4v) is 4.06. The lowest BCUT2D eigenvalue weighted by molar-refractivity contribution is -0.0210. The second kappa shape index (κ2) is 6.62. The fourth-order valence-electron chi connectivity index (χ4n) is 3.74. The van der Waals surface area contributed by atoms with Gasteiger partial charge in [0.15, 0.2) is 0 Å². The van der Waals surface area contributed by atoms with Crippen LogP contribution in [0.15, 0.2) is 34.9 Å². The minimum atomic E-state index is -1.02. The van der Waals surface area contributed by atoms with Gasteiger partial charge >= 0.3 is 0 Å². The Morgan fingerprint density at radius 1 is 1.26 bits per heavy atom. The highest BCUT2D eigenvalue weighted by Crippen LogP contribution is 2.37. The van der Waals surface area contributed by atoms with E-state index in [1.807, 2.05) is 25.1 Å². The topological polar surface area (TPSA) is 79.5 Å². The summed E-state index contributed by atoms with van der Waals surface area (Å²) >= 11 is 6.26. The first-order valence-corrected chi connectivity index (χ1v) is 9.27. The van der Waals surface area contributed by atoms with Gasteiger partial charge in [-0.2, -0.15) is 0 Å². The third kappa shape index (κ3) is 3.09. The second-order valence-electron chi connectivity index (χ2n) is 7.06. The Morgan fingerprint density at radius 2 is 1.96 bits per heavy atom. The number of aromatic nitrogens is 2. The van der Waals surface area contributed by atoms with E-state index in [2.05, 4.69) is 10.1 Å². The molecule has 1 saturated heterocycles. The molecule has 3 heterocycles. The van der Waals surface area contributed by atoms with E-state index in [4.69, 9.17) is 16.1 Å². The smallest absolute Gasteiger partial charge is 0.258 e. The number of aryl methyl sites for hydroxylation is 2. The van der Waals surface area contributed by atoms with Crippen LogP contribution < -0.4 is 0 Å². The SMILES string of the molecule is Cc1cc(C(=O)N2CCC(O)(c3ccccc3Cl)CC2)c2c(C)noc2n1. The number of carbonyl (C=O) groups excluding carboxylic acids is 1. The number of aliphatic hydroxyl groups is 1. The van der Waals surface area contributed by atoms with E-state index in [-0.39, 0.29) is 5.91 Å². The minimum Gasteiger partial charge on any atom is -0.385 e. The molecule has 0 bridgehead atoms. The van der Waals surface area contributed by atoms with Crippen LogP contribution in [0.5, 0.6) is 0 Å². The van der Waals surface area contributed by atoms with Crippen LogP contribution in [0.4, 0.5) is 0 Å². The summed E-state index contributed by atoms with van der Waals surface area (Å²) in [7, 11) is 0. The van der Waals surface area contributed by atoms with Crippen molar-refractivity contribution in [3.05, 3.63) is 57.9 Å². The van der Waals surface area contributed by atoms with Gasteiger partial charge in [-0.25, -0.2) is 4.98 Å². The first-order valence-electron chi connectivity index (χ1n) is 8.89. The zero-order valence-electron chi connectivity index (χ0n) is 15.2. The molecular weight excluding hydrogens is 366 g/mol. The van der Waals surface area contributed by atoms with Crippen molar-refractivity contribution < 1.29 is 14.4 Å². The number of benzene rings is 1. The zero-order valence-corrected chi connectivity index (χ0v) is 16.0. The van der Waals surface area contributed by atoms with Crippen molar-refractivity contribution in [1.29, 1.82) is 0 Å². The summed E-state index contributed by atoms with van der Waals surface area (Å²) in [5.74, 6) is -0.0991. The molecule has 140 valence electrons. The monoisotopic (exact) mass is 385 g/mol. The summed E-state index contributed by atoms with van der Waals surface area (Å²) in [5.41, 5.74) is 1.96. The number of nitrogens with zero attached hydrogens (tertiary/aromatic N) is 3. The Bertz CT molecular complexity index is 1020. The second-order valence-corrected chi connectivity index (χ2v) is 7.47. The molecule has 0 atom stereocenters. The average molecular weight is 386 g/mol. The number of hydrogen-bond acceptors (Lipinski definition) is 5. The summed E-state index contributed by atoms with van der Waals surface area (Å²) < 4.78 is 5.23. The van der Waals surface area contributed by atoms with E-state index in [0.717, 1.165) is 5.56 Å². The number of likely N-dealkylation sites (tertiary alicyclic amines) is 1. The standard InChI is InChI=1S/C20H20ClN3O3/c1-12-11-14(17-13(2)23-27-18(17)22-12)19(25)24-9-7-20(26,8-10-24)15-5-3-4-6-16(15)21/h3-6,11,26H,7-10H2,1-2H3. The van der Waals surface area contributed by atoms with E-state index in [0.29, 0.717) is 59.0 Å². The molecule has 0 radical (unpaired) electrons. The van der Waals surface area contributed by atoms with Gasteiger partial charge in [0.05, 0.1) is 22.2 Å². The molecule has 1 fully saturated rings. The van der Waals surface area contributed by atoms with Crippen LogP contribution >= 0.6 is 11.6 Å². The number of piperidine rings is 1. The van der Waals surface area contributed by atoms with E-state index in [9.17, 15) is 9.90 Å². The number of hydrogen-bond donors (Lipinski definition) is 1. The lowest BCUT2D eigenvalue weighted by Gasteiger charge is -2.39. The largest absolute Gasteiger partial charge is 0.385 e. The highest BCUT2D eigenvalue weighted by atomic mass is 35.5. The first kappa shape index (κ1) is 17.9. The van der Waals surface area contributed by atoms with Crippen molar-refractivity contribution in [1.82, 2.24) is 15.0 Å². The van der Waals surface area contributed by atoms with Gasteiger partial charge in [-0.3, -0.25) is 4.79 Å². The van der Waals surface area contributed by atoms with E-state index >= 15 is 0 Å². The van der Waals surface area contributed by atoms with Crippen molar-refractivity contribution in [3.63, 3.8) is 0 Å². The molecule has 4 rings (SSSR count). The van der Waals surface area contributed by atoms with Gasteiger partial charge in [-0.15, -0.1) is 0 Å². The van der Waals surface area contributed by atoms with Crippen LogP contribution in [0.3, 0.4) is 0 Å². The van der Waals surface area contributed by atoms with Crippen molar-refractivity contribution in [2.75, 3.05) is 13.1 Å². The maximum atomic E-state index is 13.2. The quantitative estimate of drug-likeness (QED) is 0.728. The van der Waals surface area contributed by atoms with Crippen LogP contribution in [0.25, 0.3) is 11.1 Å². The number of pyridine rings is 1. The molecule has 0 aliphatic carbocycles. The number of halogens is 1. The van der Waals surface area contributed by atoms with Gasteiger partial charge in [0.1, 0.15) is 0 Å². The first-order chi connectivity index (χ1) is 12.9. The Kier molecular flexibility index (Phi) is 4.40. The van der Waals surface area contributed by atoms with Gasteiger partial charge in [0.25, 0.3) is 11.6 Å². The van der Waals surface area contributed by atoms with Gasteiger partial charge in [-0.1, -0.05) is 35.0 Å². The summed E-state index contributed by atoms with van der Waals surface area (Å²) in [5, 5.41) is 16.2. The van der Waals surface area contributed by atoms with Gasteiger partial charge < -0.3 is 14.5 Å². The Morgan fingerprint density at radius 3 is 2.67 bits per heavy atom. The molecule has 0 spiro atoms. The maximum absolute atomic E-state index is 13.2. The normalized spacial score (nSPS) is 16.7. The molecule has 1 amide bonds. The Balaban J connectivity index is 1.60. The fraction of sp³-hybridized carbons (Fsp3) is 0.350. The maximum Gasteiger partial charge on any atom is 0.258 e. The molecule has 3 aromatic rings. The number of rotatable bonds is 2. The van der Waals surface area contributed by atoms with Crippen LogP contribution in [0.2, 0.25) is 5.02 Å². The van der Waals surface area contributed by atoms with Crippen molar-refractivity contribution in [3.8, 4) is 0 Å². The van der Waals surface area contributed by atoms with E-state index in [1.165, 1.54) is 0 Å². The summed E-state index contributed by atoms with van der Waals surface area (Å²) in [6, 6.07) is 9.09. The van der Waals surface area contributed by atoms with Gasteiger partial charge in [0.2, 0.25) is 0 Å². The molecule has 0 saturated carbocycles. The lowest BCUT2D eigenvalue weighted by atomic mass is 9.84. The molecule has 2 aromatic heterocycles. The Hall–Kier alpha value is -2.44. The molecule has 1 aliphatic heterocycles. The molecule has 6 nitrogen and oxygen atoms in total. The molecule has 1 aromatic carbocycles. The van der Waals surface area contributed by atoms with Gasteiger partial charge in [-0.05, 0) is 38.8 Å². The van der Waals surface area contributed by atoms with E-state index in [1.54, 1.807) is 24.0 Å². The number of amides is 1. The Labute approximate surface area is 161 Å². The van der Waals surface area contributed by atoms with Crippen LogP contribution in [0, 0.1) is 13.8 Å². The molecular formula is C20H20ClN3O3. The highest BCUT2D eigenvalue weighted by Gasteiger charge is 2.37. The van der Waals surface area contributed by atoms with Crippen LogP contribution in [-0.4, -0.2) is 39.1 Å². The van der Waals surface area contributed by atoms with Crippen LogP contribution in [-0.2, 0) is 5.60 Å². The highest BCUT2D eigenvalue weighted by molar-refractivity contribution is 6.31. The molecule has 0 unspecified atom stereocenters. The minimum absolute atomic E-state index is 0.0991. The summed E-state index contributed by atoms with van der Waals surface area (Å²) in [6.45, 7) is 4.49. The average Bonchev–Trinajstić information content (AvgIpc) is 3.02. The number of fused-ring (bicyclic) bond motifs is 1. The zero-order chi connectivity index (χ0) is 19.2. The van der Waals surface area contributed by atoms with E-state index < -0.39 is 5.60 Å². The summed E-state index contributed by atoms with van der Waals surface area (Å²) in [6.07, 6.45) is 0.858. The molecule has 1 N–H and O–H groups in total. The lowest BCUT2D eigenvalue weighted by Crippen LogP contribution is -2.45. The molecule has 1 aliphatic rings. The van der Waals surface area contributed by atoms with Crippen LogP contribution in [0.1, 0.15) is 40.2 Å². The number of carbonyl (C=O) groups is 1. The third-order valence-electron chi connectivity index (χ3n) is 5.23. The van der Waals surface area contributed by atoms with Crippen molar-refractivity contribution >= 4 is 28.6 Å². The van der Waals surface area contributed by atoms with Crippen molar-refractivity contribution in [2.45, 2.75) is 32.3 Å². The predicted octanol–water partition coefficient (Wildman–Crippen LogP) is 3.62. The van der Waals surface area contributed by atoms with Crippen molar-refractivity contribution in [2.24, 2.45) is 0 Å². The predicted molar refractivity (Wildman–Crippen MR) is 102 cm³/mol. The third-order valence-corrected chi connectivity index (χ3v) is 5.56. The summed E-state index contributed by atoms with van der Waals surface area (Å²) in [4.78, 5) is 19.2. The molecule has 7 heteroatoms.